The van der Waals surface area contributed by atoms with Gasteiger partial charge in [-0.3, -0.25) is 0 Å². The van der Waals surface area contributed by atoms with E-state index in [1.54, 1.807) is 0 Å². The number of fused-ring (bicyclic) bond motifs is 1. The molecular weight excluding hydrogens is 250 g/mol. The monoisotopic (exact) mass is 269 g/mol. The van der Waals surface area contributed by atoms with Crippen molar-refractivity contribution in [2.75, 3.05) is 0 Å². The second-order valence-electron chi connectivity index (χ2n) is 6.36. The van der Waals surface area contributed by atoms with E-state index in [2.05, 4.69) is 4.99 Å². The van der Waals surface area contributed by atoms with Crippen molar-refractivity contribution in [1.82, 2.24) is 4.90 Å². The van der Waals surface area contributed by atoms with Gasteiger partial charge in [0.25, 0.3) is 0 Å². The fourth-order valence-electron chi connectivity index (χ4n) is 3.98. The minimum absolute atomic E-state index is 0.0236. The maximum Gasteiger partial charge on any atom is 0.346 e. The molecular formula is C16H19N3O. The zero-order chi connectivity index (χ0) is 13.7. The van der Waals surface area contributed by atoms with Gasteiger partial charge in [0.15, 0.2) is 0 Å². The summed E-state index contributed by atoms with van der Waals surface area (Å²) < 4.78 is 0. The zero-order valence-corrected chi connectivity index (χ0v) is 11.4. The molecule has 2 N–H and O–H groups in total. The second kappa shape index (κ2) is 4.33. The number of benzene rings is 1. The summed E-state index contributed by atoms with van der Waals surface area (Å²) in [5, 5.41) is 0. The number of carbonyl (C=O) groups is 1. The third kappa shape index (κ3) is 1.90. The molecule has 2 amide bonds. The molecule has 4 rings (SSSR count). The number of amides is 2. The third-order valence-corrected chi connectivity index (χ3v) is 5.03. The highest BCUT2D eigenvalue weighted by Gasteiger charge is 2.51. The van der Waals surface area contributed by atoms with Crippen LogP contribution in [0.4, 0.5) is 4.79 Å². The summed E-state index contributed by atoms with van der Waals surface area (Å²) in [5.74, 6) is 2.82. The summed E-state index contributed by atoms with van der Waals surface area (Å²) in [7, 11) is 0. The Morgan fingerprint density at radius 1 is 1.10 bits per heavy atom. The average molecular weight is 269 g/mol. The molecule has 20 heavy (non-hydrogen) atoms. The molecule has 2 aliphatic carbocycles. The van der Waals surface area contributed by atoms with Crippen molar-refractivity contribution in [2.45, 2.75) is 31.8 Å². The number of carbonyl (C=O) groups excluding carboxylic acids is 1. The van der Waals surface area contributed by atoms with Crippen LogP contribution in [0.15, 0.2) is 35.3 Å². The van der Waals surface area contributed by atoms with Crippen LogP contribution in [0.3, 0.4) is 0 Å². The molecule has 0 aromatic heterocycles. The van der Waals surface area contributed by atoms with Crippen molar-refractivity contribution >= 4 is 11.9 Å². The molecule has 2 fully saturated rings. The van der Waals surface area contributed by atoms with Crippen LogP contribution in [-0.4, -0.2) is 22.8 Å². The van der Waals surface area contributed by atoms with Crippen LogP contribution >= 0.6 is 0 Å². The minimum Gasteiger partial charge on any atom is -0.385 e. The predicted molar refractivity (Wildman–Crippen MR) is 77.1 cm³/mol. The van der Waals surface area contributed by atoms with Crippen LogP contribution in [0.5, 0.6) is 0 Å². The number of rotatable bonds is 3. The van der Waals surface area contributed by atoms with Crippen LogP contribution in [0.1, 0.15) is 24.8 Å². The van der Waals surface area contributed by atoms with Crippen molar-refractivity contribution in [1.29, 1.82) is 0 Å². The SMILES string of the molecule is NC1=NC(=O)N(Cc2ccccc2)C1C1CC2CC2C1. The molecule has 2 saturated carbocycles. The van der Waals surface area contributed by atoms with E-state index in [1.165, 1.54) is 19.3 Å². The van der Waals surface area contributed by atoms with Gasteiger partial charge in [-0.05, 0) is 42.6 Å². The standard InChI is InChI=1S/C16H19N3O/c17-15-14(13-7-11-6-12(11)8-13)19(16(20)18-15)9-10-4-2-1-3-5-10/h1-5,11-14H,6-9H2,(H2,17,18,20). The number of urea groups is 1. The molecule has 104 valence electrons. The molecule has 0 saturated heterocycles. The fraction of sp³-hybridized carbons (Fsp3) is 0.500. The number of hydrogen-bond donors (Lipinski definition) is 1. The lowest BCUT2D eigenvalue weighted by atomic mass is 9.93. The summed E-state index contributed by atoms with van der Waals surface area (Å²) in [6, 6.07) is 9.94. The number of nitrogens with two attached hydrogens (primary N) is 1. The molecule has 0 radical (unpaired) electrons. The Bertz CT molecular complexity index is 558. The third-order valence-electron chi connectivity index (χ3n) is 5.03. The first-order valence-corrected chi connectivity index (χ1v) is 7.41. The first kappa shape index (κ1) is 11.9. The predicted octanol–water partition coefficient (Wildman–Crippen LogP) is 2.39. The van der Waals surface area contributed by atoms with E-state index in [1.807, 2.05) is 35.2 Å². The zero-order valence-electron chi connectivity index (χ0n) is 11.4. The number of hydrogen-bond acceptors (Lipinski definition) is 2. The largest absolute Gasteiger partial charge is 0.385 e. The molecule has 0 bridgehead atoms. The maximum atomic E-state index is 12.1. The van der Waals surface area contributed by atoms with Gasteiger partial charge in [0.2, 0.25) is 0 Å². The van der Waals surface area contributed by atoms with Crippen molar-refractivity contribution in [2.24, 2.45) is 28.5 Å². The van der Waals surface area contributed by atoms with Crippen LogP contribution in [0, 0.1) is 17.8 Å². The van der Waals surface area contributed by atoms with Gasteiger partial charge in [0.05, 0.1) is 6.04 Å². The highest BCUT2D eigenvalue weighted by Crippen LogP contribution is 2.56. The molecule has 1 aromatic carbocycles. The lowest BCUT2D eigenvalue weighted by molar-refractivity contribution is 0.183. The van der Waals surface area contributed by atoms with E-state index >= 15 is 0 Å². The van der Waals surface area contributed by atoms with Gasteiger partial charge >= 0.3 is 6.03 Å². The summed E-state index contributed by atoms with van der Waals surface area (Å²) in [5.41, 5.74) is 7.18. The molecule has 1 aromatic rings. The summed E-state index contributed by atoms with van der Waals surface area (Å²) in [6.07, 6.45) is 3.81. The molecule has 1 aliphatic heterocycles. The molecule has 0 spiro atoms. The summed E-state index contributed by atoms with van der Waals surface area (Å²) >= 11 is 0. The second-order valence-corrected chi connectivity index (χ2v) is 6.36. The highest BCUT2D eigenvalue weighted by atomic mass is 16.2. The van der Waals surface area contributed by atoms with Gasteiger partial charge in [-0.25, -0.2) is 4.79 Å². The molecule has 3 unspecified atom stereocenters. The summed E-state index contributed by atoms with van der Waals surface area (Å²) in [6.45, 7) is 0.611. The highest BCUT2D eigenvalue weighted by molar-refractivity contribution is 6.03. The Kier molecular flexibility index (Phi) is 2.59. The van der Waals surface area contributed by atoms with Crippen LogP contribution in [-0.2, 0) is 6.54 Å². The van der Waals surface area contributed by atoms with Gasteiger partial charge in [-0.1, -0.05) is 30.3 Å². The minimum atomic E-state index is -0.170. The molecule has 4 heteroatoms. The Morgan fingerprint density at radius 2 is 1.75 bits per heavy atom. The van der Waals surface area contributed by atoms with Crippen LogP contribution in [0.25, 0.3) is 0 Å². The van der Waals surface area contributed by atoms with Crippen LogP contribution < -0.4 is 5.73 Å². The number of amidine groups is 1. The Balaban J connectivity index is 1.55. The normalized spacial score (nSPS) is 35.1. The van der Waals surface area contributed by atoms with E-state index in [-0.39, 0.29) is 12.1 Å². The van der Waals surface area contributed by atoms with Gasteiger partial charge in [0, 0.05) is 6.54 Å². The number of nitrogens with zero attached hydrogens (tertiary/aromatic N) is 2. The molecule has 3 aliphatic rings. The van der Waals surface area contributed by atoms with E-state index in [9.17, 15) is 4.79 Å². The molecule has 1 heterocycles. The van der Waals surface area contributed by atoms with E-state index in [0.717, 1.165) is 17.4 Å². The average Bonchev–Trinajstić information content (AvgIpc) is 2.94. The van der Waals surface area contributed by atoms with Crippen molar-refractivity contribution < 1.29 is 4.79 Å². The first-order chi connectivity index (χ1) is 9.72. The first-order valence-electron chi connectivity index (χ1n) is 7.41. The van der Waals surface area contributed by atoms with Crippen molar-refractivity contribution in [3.05, 3.63) is 35.9 Å². The smallest absolute Gasteiger partial charge is 0.346 e. The van der Waals surface area contributed by atoms with E-state index in [4.69, 9.17) is 5.73 Å². The quantitative estimate of drug-likeness (QED) is 0.916. The number of aliphatic imine (C=N–C) groups is 1. The topological polar surface area (TPSA) is 58.7 Å². The lowest BCUT2D eigenvalue weighted by Gasteiger charge is -2.29. The van der Waals surface area contributed by atoms with Crippen molar-refractivity contribution in [3.8, 4) is 0 Å². The maximum absolute atomic E-state index is 12.1. The van der Waals surface area contributed by atoms with E-state index in [0.29, 0.717) is 18.3 Å². The van der Waals surface area contributed by atoms with E-state index < -0.39 is 0 Å². The van der Waals surface area contributed by atoms with Gasteiger partial charge in [0.1, 0.15) is 5.84 Å². The van der Waals surface area contributed by atoms with Crippen molar-refractivity contribution in [3.63, 3.8) is 0 Å². The van der Waals surface area contributed by atoms with Gasteiger partial charge < -0.3 is 10.6 Å². The van der Waals surface area contributed by atoms with Crippen LogP contribution in [0.2, 0.25) is 0 Å². The Morgan fingerprint density at radius 3 is 2.45 bits per heavy atom. The fourth-order valence-corrected chi connectivity index (χ4v) is 3.98. The lowest BCUT2D eigenvalue weighted by Crippen LogP contribution is -2.44. The van der Waals surface area contributed by atoms with Gasteiger partial charge in [-0.2, -0.15) is 4.99 Å². The Hall–Kier alpha value is -1.84. The summed E-state index contributed by atoms with van der Waals surface area (Å²) in [4.78, 5) is 18.0. The molecule has 3 atom stereocenters. The van der Waals surface area contributed by atoms with Gasteiger partial charge in [-0.15, -0.1) is 0 Å². The Labute approximate surface area is 118 Å². The molecule has 4 nitrogen and oxygen atoms in total.